The molecular formula is C49H33N5OS. The summed E-state index contributed by atoms with van der Waals surface area (Å²) in [5.74, 6) is 0.544. The van der Waals surface area contributed by atoms with Crippen LogP contribution in [0.1, 0.15) is 0 Å². The first-order chi connectivity index (χ1) is 27.7. The zero-order valence-corrected chi connectivity index (χ0v) is 30.9. The lowest BCUT2D eigenvalue weighted by atomic mass is 10.0. The Bertz CT molecular complexity index is 2670. The lowest BCUT2D eigenvalue weighted by Gasteiger charge is -2.26. The molecule has 0 N–H and O–H groups in total. The minimum absolute atomic E-state index is 0.529. The number of oxazole rings is 1. The van der Waals surface area contributed by atoms with Crippen molar-refractivity contribution in [2.75, 3.05) is 9.80 Å². The van der Waals surface area contributed by atoms with Crippen LogP contribution >= 0.6 is 11.3 Å². The Balaban J connectivity index is 0.977. The second-order valence-electron chi connectivity index (χ2n) is 13.4. The summed E-state index contributed by atoms with van der Waals surface area (Å²) in [6, 6.07) is 67.5. The van der Waals surface area contributed by atoms with Gasteiger partial charge in [0.1, 0.15) is 10.5 Å². The Morgan fingerprint density at radius 1 is 0.375 bits per heavy atom. The molecule has 0 radical (unpaired) electrons. The highest BCUT2D eigenvalue weighted by Gasteiger charge is 2.17. The average molecular weight is 740 g/mol. The minimum Gasteiger partial charge on any atom is -0.418 e. The fraction of sp³-hybridized carbons (Fsp3) is 0. The maximum Gasteiger partial charge on any atom is 0.247 e. The molecule has 0 amide bonds. The van der Waals surface area contributed by atoms with Crippen LogP contribution in [0, 0.1) is 0 Å². The number of pyridine rings is 1. The third kappa shape index (κ3) is 6.46. The zero-order chi connectivity index (χ0) is 37.3. The molecule has 0 aliphatic rings. The Hall–Kier alpha value is -7.35. The molecule has 7 aromatic carbocycles. The molecule has 0 unspecified atom stereocenters. The summed E-state index contributed by atoms with van der Waals surface area (Å²) in [6.07, 6.45) is 1.71. The highest BCUT2D eigenvalue weighted by atomic mass is 32.1. The van der Waals surface area contributed by atoms with Crippen LogP contribution in [0.5, 0.6) is 0 Å². The number of fused-ring (bicyclic) bond motifs is 2. The number of rotatable bonds is 9. The summed E-state index contributed by atoms with van der Waals surface area (Å²) >= 11 is 1.71. The molecule has 6 nitrogen and oxygen atoms in total. The molecule has 0 saturated carbocycles. The smallest absolute Gasteiger partial charge is 0.247 e. The Morgan fingerprint density at radius 3 is 1.34 bits per heavy atom. The third-order valence-corrected chi connectivity index (χ3v) is 10.9. The third-order valence-electron chi connectivity index (χ3n) is 9.82. The van der Waals surface area contributed by atoms with Gasteiger partial charge in [-0.05, 0) is 132 Å². The predicted molar refractivity (Wildman–Crippen MR) is 231 cm³/mol. The van der Waals surface area contributed by atoms with Gasteiger partial charge in [0.05, 0.1) is 10.2 Å². The van der Waals surface area contributed by atoms with E-state index in [-0.39, 0.29) is 0 Å². The van der Waals surface area contributed by atoms with Crippen molar-refractivity contribution in [3.63, 3.8) is 0 Å². The predicted octanol–water partition coefficient (Wildman–Crippen LogP) is 13.8. The van der Waals surface area contributed by atoms with Crippen molar-refractivity contribution in [3.05, 3.63) is 200 Å². The first-order valence-corrected chi connectivity index (χ1v) is 19.2. The number of aromatic nitrogens is 3. The number of nitrogens with zero attached hydrogens (tertiary/aromatic N) is 5. The molecule has 7 heteroatoms. The van der Waals surface area contributed by atoms with Gasteiger partial charge in [0.15, 0.2) is 0 Å². The van der Waals surface area contributed by atoms with Crippen LogP contribution in [0.3, 0.4) is 0 Å². The van der Waals surface area contributed by atoms with Gasteiger partial charge in [0.25, 0.3) is 0 Å². The van der Waals surface area contributed by atoms with Gasteiger partial charge in [-0.15, -0.1) is 11.3 Å². The highest BCUT2D eigenvalue weighted by molar-refractivity contribution is 7.21. The summed E-state index contributed by atoms with van der Waals surface area (Å²) in [7, 11) is 0. The molecule has 0 aliphatic heterocycles. The van der Waals surface area contributed by atoms with Gasteiger partial charge in [-0.3, -0.25) is 0 Å². The van der Waals surface area contributed by atoms with Gasteiger partial charge in [0, 0.05) is 51.4 Å². The molecule has 0 bridgehead atoms. The van der Waals surface area contributed by atoms with Gasteiger partial charge in [-0.2, -0.15) is 0 Å². The lowest BCUT2D eigenvalue weighted by Crippen LogP contribution is -2.10. The molecular weight excluding hydrogens is 707 g/mol. The SMILES string of the molecule is c1ccc(N(c2ccccc2)c2ccc(-c3ccc(N(c4ccc(-c5nc6cccnc6o5)cc4)c4ccc(-c5nc6ccccc6s5)cc4)cc3)cc2)cc1. The van der Waals surface area contributed by atoms with Crippen LogP contribution < -0.4 is 9.80 Å². The van der Waals surface area contributed by atoms with Crippen molar-refractivity contribution in [3.8, 4) is 33.2 Å². The van der Waals surface area contributed by atoms with E-state index in [2.05, 4.69) is 171 Å². The van der Waals surface area contributed by atoms with E-state index in [4.69, 9.17) is 9.40 Å². The molecule has 0 atom stereocenters. The van der Waals surface area contributed by atoms with E-state index >= 15 is 0 Å². The maximum absolute atomic E-state index is 5.98. The van der Waals surface area contributed by atoms with E-state index in [9.17, 15) is 0 Å². The molecule has 266 valence electrons. The molecule has 0 aliphatic carbocycles. The summed E-state index contributed by atoms with van der Waals surface area (Å²) in [6.45, 7) is 0. The van der Waals surface area contributed by atoms with Crippen molar-refractivity contribution in [1.82, 2.24) is 15.0 Å². The monoisotopic (exact) mass is 739 g/mol. The van der Waals surface area contributed by atoms with E-state index in [1.165, 1.54) is 4.70 Å². The zero-order valence-electron chi connectivity index (χ0n) is 30.1. The fourth-order valence-corrected chi connectivity index (χ4v) is 8.02. The van der Waals surface area contributed by atoms with Crippen molar-refractivity contribution >= 4 is 66.9 Å². The van der Waals surface area contributed by atoms with E-state index in [0.29, 0.717) is 11.6 Å². The van der Waals surface area contributed by atoms with Crippen molar-refractivity contribution in [1.29, 1.82) is 0 Å². The lowest BCUT2D eigenvalue weighted by molar-refractivity contribution is 0.608. The van der Waals surface area contributed by atoms with Crippen LogP contribution in [0.25, 0.3) is 54.6 Å². The number of anilines is 6. The molecule has 0 fully saturated rings. The first kappa shape index (κ1) is 33.2. The number of hydrogen-bond acceptors (Lipinski definition) is 7. The quantitative estimate of drug-likeness (QED) is 0.147. The normalized spacial score (nSPS) is 11.2. The number of hydrogen-bond donors (Lipinski definition) is 0. The number of para-hydroxylation sites is 3. The number of thiazole rings is 1. The second-order valence-corrected chi connectivity index (χ2v) is 14.4. The molecule has 0 saturated heterocycles. The van der Waals surface area contributed by atoms with Crippen LogP contribution in [0.4, 0.5) is 34.1 Å². The summed E-state index contributed by atoms with van der Waals surface area (Å²) in [5, 5.41) is 1.01. The Kier molecular flexibility index (Phi) is 8.59. The molecule has 10 rings (SSSR count). The van der Waals surface area contributed by atoms with Gasteiger partial charge in [0.2, 0.25) is 11.6 Å². The van der Waals surface area contributed by atoms with E-state index in [1.54, 1.807) is 17.5 Å². The van der Waals surface area contributed by atoms with Crippen molar-refractivity contribution in [2.45, 2.75) is 0 Å². The molecule has 3 aromatic heterocycles. The largest absolute Gasteiger partial charge is 0.418 e. The van der Waals surface area contributed by atoms with Crippen molar-refractivity contribution < 1.29 is 4.42 Å². The Morgan fingerprint density at radius 2 is 0.821 bits per heavy atom. The number of benzene rings is 7. The standard InChI is InChI=1S/C49H33N5OS/c1-3-10-38(11-4-1)53(39-12-5-2-6-13-39)40-25-17-34(18-26-40)35-19-27-41(28-20-35)54(42-29-21-36(22-30-42)47-51-45-15-9-33-50-48(45)55-47)43-31-23-37(24-32-43)49-52-44-14-7-8-16-46(44)56-49/h1-33H. The summed E-state index contributed by atoms with van der Waals surface area (Å²) in [4.78, 5) is 18.4. The van der Waals surface area contributed by atoms with E-state index < -0.39 is 0 Å². The van der Waals surface area contributed by atoms with Crippen molar-refractivity contribution in [2.24, 2.45) is 0 Å². The second kappa shape index (κ2) is 14.5. The summed E-state index contributed by atoms with van der Waals surface area (Å²) < 4.78 is 7.16. The average Bonchev–Trinajstić information content (AvgIpc) is 3.91. The highest BCUT2D eigenvalue weighted by Crippen LogP contribution is 2.40. The summed E-state index contributed by atoms with van der Waals surface area (Å²) in [5.41, 5.74) is 12.9. The fourth-order valence-electron chi connectivity index (χ4n) is 7.05. The first-order valence-electron chi connectivity index (χ1n) is 18.4. The topological polar surface area (TPSA) is 58.3 Å². The van der Waals surface area contributed by atoms with Gasteiger partial charge >= 0.3 is 0 Å². The molecule has 3 heterocycles. The van der Waals surface area contributed by atoms with E-state index in [0.717, 1.165) is 72.4 Å². The molecule has 0 spiro atoms. The van der Waals surface area contributed by atoms with E-state index in [1.807, 2.05) is 42.5 Å². The molecule has 10 aromatic rings. The van der Waals surface area contributed by atoms with Crippen LogP contribution in [-0.2, 0) is 0 Å². The van der Waals surface area contributed by atoms with Gasteiger partial charge in [-0.25, -0.2) is 15.0 Å². The van der Waals surface area contributed by atoms with Gasteiger partial charge in [-0.1, -0.05) is 72.8 Å². The Labute approximate surface area is 328 Å². The maximum atomic E-state index is 5.98. The molecule has 56 heavy (non-hydrogen) atoms. The van der Waals surface area contributed by atoms with Gasteiger partial charge < -0.3 is 14.2 Å². The van der Waals surface area contributed by atoms with Crippen LogP contribution in [-0.4, -0.2) is 15.0 Å². The van der Waals surface area contributed by atoms with Crippen LogP contribution in [0.15, 0.2) is 205 Å². The minimum atomic E-state index is 0.529. The van der Waals surface area contributed by atoms with Crippen LogP contribution in [0.2, 0.25) is 0 Å².